The molecule has 0 bridgehead atoms. The molecule has 3 heteroatoms. The Labute approximate surface area is 97.3 Å². The van der Waals surface area contributed by atoms with Gasteiger partial charge in [0.25, 0.3) is 0 Å². The van der Waals surface area contributed by atoms with Crippen molar-refractivity contribution in [2.45, 2.75) is 31.0 Å². The third-order valence-electron chi connectivity index (χ3n) is 3.56. The molecule has 3 rings (SSSR count). The van der Waals surface area contributed by atoms with Crippen molar-refractivity contribution in [1.82, 2.24) is 0 Å². The fraction of sp³-hybridized carbons (Fsp3) is 0.385. The summed E-state index contributed by atoms with van der Waals surface area (Å²) in [5, 5.41) is 11.1. The smallest absolute Gasteiger partial charge is 0.121 e. The van der Waals surface area contributed by atoms with Gasteiger partial charge in [-0.15, -0.1) is 0 Å². The normalized spacial score (nSPS) is 26.1. The second-order valence-electron chi connectivity index (χ2n) is 4.65. The van der Waals surface area contributed by atoms with Gasteiger partial charge in [-0.1, -0.05) is 33.2 Å². The average Bonchev–Trinajstić information content (AvgIpc) is 2.13. The lowest BCUT2D eigenvalue weighted by Crippen LogP contribution is -2.22. The first-order valence-corrected chi connectivity index (χ1v) is 6.89. The molecule has 3 N–H and O–H groups in total. The van der Waals surface area contributed by atoms with Gasteiger partial charge >= 0.3 is 0 Å². The fourth-order valence-electron chi connectivity index (χ4n) is 2.38. The number of benzene rings is 1. The van der Waals surface area contributed by atoms with Gasteiger partial charge in [0, 0.05) is 11.3 Å². The van der Waals surface area contributed by atoms with E-state index in [1.807, 2.05) is 6.07 Å². The molecule has 2 aliphatic rings. The Bertz CT molecular complexity index is 451. The molecule has 0 radical (unpaired) electrons. The monoisotopic (exact) mass is 233 g/mol. The largest absolute Gasteiger partial charge is 0.508 e. The van der Waals surface area contributed by atoms with Crippen molar-refractivity contribution >= 4 is 19.6 Å². The standard InChI is InChI=1S/C13H16NOP/c14-13-7-11(15)10-5-4-9(6-12(10)16-13)8-2-1-3-8/h4-8,13,15-16H,1-3,14H2. The van der Waals surface area contributed by atoms with Crippen LogP contribution >= 0.6 is 8.58 Å². The van der Waals surface area contributed by atoms with Crippen LogP contribution < -0.4 is 11.0 Å². The summed E-state index contributed by atoms with van der Waals surface area (Å²) in [4.78, 5) is 0. The summed E-state index contributed by atoms with van der Waals surface area (Å²) in [5.74, 6) is 1.09. The number of hydrogen-bond donors (Lipinski definition) is 2. The van der Waals surface area contributed by atoms with E-state index in [9.17, 15) is 5.11 Å². The van der Waals surface area contributed by atoms with Gasteiger partial charge in [0.05, 0.1) is 0 Å². The molecule has 1 aromatic carbocycles. The van der Waals surface area contributed by atoms with E-state index in [1.54, 1.807) is 6.08 Å². The lowest BCUT2D eigenvalue weighted by molar-refractivity contribution is 0.420. The summed E-state index contributed by atoms with van der Waals surface area (Å²) in [7, 11) is 0.589. The molecule has 0 saturated heterocycles. The van der Waals surface area contributed by atoms with E-state index in [4.69, 9.17) is 5.73 Å². The van der Waals surface area contributed by atoms with Crippen LogP contribution in [0.2, 0.25) is 0 Å². The van der Waals surface area contributed by atoms with Gasteiger partial charge in [-0.2, -0.15) is 0 Å². The Morgan fingerprint density at radius 2 is 2.12 bits per heavy atom. The minimum atomic E-state index is -0.0101. The number of hydrogen-bond acceptors (Lipinski definition) is 2. The van der Waals surface area contributed by atoms with Gasteiger partial charge in [-0.05, 0) is 35.7 Å². The molecule has 2 atom stereocenters. The van der Waals surface area contributed by atoms with Crippen LogP contribution in [0.4, 0.5) is 0 Å². The maximum Gasteiger partial charge on any atom is 0.121 e. The van der Waals surface area contributed by atoms with E-state index in [2.05, 4.69) is 12.1 Å². The molecule has 0 amide bonds. The number of fused-ring (bicyclic) bond motifs is 1. The van der Waals surface area contributed by atoms with E-state index in [0.29, 0.717) is 14.3 Å². The Morgan fingerprint density at radius 1 is 1.31 bits per heavy atom. The van der Waals surface area contributed by atoms with Gasteiger partial charge in [0.2, 0.25) is 0 Å². The van der Waals surface area contributed by atoms with Crippen LogP contribution in [0, 0.1) is 0 Å². The molecule has 84 valence electrons. The summed E-state index contributed by atoms with van der Waals surface area (Å²) in [5.41, 5.74) is 8.29. The molecule has 1 saturated carbocycles. The zero-order valence-corrected chi connectivity index (χ0v) is 10.1. The number of rotatable bonds is 1. The SMILES string of the molecule is NC1C=C(O)c2ccc(C3CCC3)cc2P1. The highest BCUT2D eigenvalue weighted by Gasteiger charge is 2.22. The van der Waals surface area contributed by atoms with Crippen LogP contribution in [0.15, 0.2) is 24.3 Å². The van der Waals surface area contributed by atoms with Crippen LogP contribution in [0.5, 0.6) is 0 Å². The summed E-state index contributed by atoms with van der Waals surface area (Å²) < 4.78 is 0. The van der Waals surface area contributed by atoms with Crippen molar-refractivity contribution < 1.29 is 5.11 Å². The molecule has 1 aromatic rings. The van der Waals surface area contributed by atoms with Crippen LogP contribution in [-0.2, 0) is 0 Å². The van der Waals surface area contributed by atoms with Gasteiger partial charge in [0.15, 0.2) is 0 Å². The first kappa shape index (κ1) is 10.3. The van der Waals surface area contributed by atoms with Crippen LogP contribution in [-0.4, -0.2) is 10.9 Å². The van der Waals surface area contributed by atoms with E-state index >= 15 is 0 Å². The van der Waals surface area contributed by atoms with Crippen molar-refractivity contribution in [3.8, 4) is 0 Å². The molecule has 0 spiro atoms. The van der Waals surface area contributed by atoms with Crippen molar-refractivity contribution in [3.63, 3.8) is 0 Å². The zero-order chi connectivity index (χ0) is 11.1. The average molecular weight is 233 g/mol. The number of aliphatic hydroxyl groups is 1. The van der Waals surface area contributed by atoms with Gasteiger partial charge in [-0.3, -0.25) is 0 Å². The predicted molar refractivity (Wildman–Crippen MR) is 69.6 cm³/mol. The molecule has 0 aromatic heterocycles. The van der Waals surface area contributed by atoms with E-state index in [-0.39, 0.29) is 5.78 Å². The minimum Gasteiger partial charge on any atom is -0.508 e. The third-order valence-corrected chi connectivity index (χ3v) is 4.78. The van der Waals surface area contributed by atoms with Crippen molar-refractivity contribution in [2.24, 2.45) is 5.73 Å². The molecule has 2 nitrogen and oxygen atoms in total. The van der Waals surface area contributed by atoms with Crippen LogP contribution in [0.25, 0.3) is 5.76 Å². The highest BCUT2D eigenvalue weighted by Crippen LogP contribution is 2.38. The first-order chi connectivity index (χ1) is 7.74. The van der Waals surface area contributed by atoms with E-state index in [0.717, 1.165) is 11.5 Å². The molecular formula is C13H16NOP. The molecular weight excluding hydrogens is 217 g/mol. The number of aliphatic hydroxyl groups excluding tert-OH is 1. The van der Waals surface area contributed by atoms with Gasteiger partial charge < -0.3 is 10.8 Å². The fourth-order valence-corrected chi connectivity index (χ4v) is 3.60. The Morgan fingerprint density at radius 3 is 2.81 bits per heavy atom. The molecule has 1 heterocycles. The van der Waals surface area contributed by atoms with Gasteiger partial charge in [-0.25, -0.2) is 0 Å². The van der Waals surface area contributed by atoms with Crippen molar-refractivity contribution in [2.75, 3.05) is 0 Å². The molecule has 2 unspecified atom stereocenters. The zero-order valence-electron chi connectivity index (χ0n) is 9.11. The second kappa shape index (κ2) is 3.87. The van der Waals surface area contributed by atoms with E-state index in [1.165, 1.54) is 30.1 Å². The third kappa shape index (κ3) is 1.66. The predicted octanol–water partition coefficient (Wildman–Crippen LogP) is 2.46. The second-order valence-corrected chi connectivity index (χ2v) is 6.15. The van der Waals surface area contributed by atoms with E-state index < -0.39 is 0 Å². The van der Waals surface area contributed by atoms with Crippen LogP contribution in [0.1, 0.15) is 36.3 Å². The lowest BCUT2D eigenvalue weighted by atomic mass is 9.80. The van der Waals surface area contributed by atoms with Crippen molar-refractivity contribution in [3.05, 3.63) is 35.4 Å². The minimum absolute atomic E-state index is 0.0101. The molecule has 1 aliphatic heterocycles. The summed E-state index contributed by atoms with van der Waals surface area (Å²) in [6, 6.07) is 6.46. The first-order valence-electron chi connectivity index (χ1n) is 5.81. The topological polar surface area (TPSA) is 46.2 Å². The molecule has 16 heavy (non-hydrogen) atoms. The maximum atomic E-state index is 9.82. The Balaban J connectivity index is 1.98. The highest BCUT2D eigenvalue weighted by molar-refractivity contribution is 7.48. The Kier molecular flexibility index (Phi) is 2.49. The highest BCUT2D eigenvalue weighted by atomic mass is 31.1. The van der Waals surface area contributed by atoms with Gasteiger partial charge in [0.1, 0.15) is 5.76 Å². The maximum absolute atomic E-state index is 9.82. The van der Waals surface area contributed by atoms with Crippen molar-refractivity contribution in [1.29, 1.82) is 0 Å². The summed E-state index contributed by atoms with van der Waals surface area (Å²) in [6.45, 7) is 0. The van der Waals surface area contributed by atoms with Crippen LogP contribution in [0.3, 0.4) is 0 Å². The lowest BCUT2D eigenvalue weighted by Gasteiger charge is -2.27. The summed E-state index contributed by atoms with van der Waals surface area (Å²) in [6.07, 6.45) is 5.74. The molecule has 1 aliphatic carbocycles. The summed E-state index contributed by atoms with van der Waals surface area (Å²) >= 11 is 0. The number of nitrogens with two attached hydrogens (primary N) is 1. The Hall–Kier alpha value is -0.850. The quantitative estimate of drug-likeness (QED) is 0.732. The molecule has 1 fully saturated rings.